The van der Waals surface area contributed by atoms with Gasteiger partial charge in [-0.2, -0.15) is 0 Å². The molecule has 2 aromatic carbocycles. The molecule has 4 rings (SSSR count). The Morgan fingerprint density at radius 3 is 2.35 bits per heavy atom. The number of hydrogen-bond acceptors (Lipinski definition) is 4. The largest absolute Gasteiger partial charge is 0.481 e. The van der Waals surface area contributed by atoms with Crippen molar-refractivity contribution in [1.82, 2.24) is 4.98 Å². The summed E-state index contributed by atoms with van der Waals surface area (Å²) >= 11 is 1.37. The Labute approximate surface area is 184 Å². The van der Waals surface area contributed by atoms with Crippen molar-refractivity contribution >= 4 is 28.9 Å². The first-order valence-corrected chi connectivity index (χ1v) is 10.6. The van der Waals surface area contributed by atoms with Gasteiger partial charge in [0.05, 0.1) is 10.8 Å². The van der Waals surface area contributed by atoms with Gasteiger partial charge in [-0.1, -0.05) is 36.4 Å². The number of nitrogens with zero attached hydrogens (tertiary/aromatic N) is 1. The van der Waals surface area contributed by atoms with Crippen molar-refractivity contribution < 1.29 is 14.7 Å². The molecule has 0 aliphatic rings. The maximum absolute atomic E-state index is 12.8. The zero-order valence-electron chi connectivity index (χ0n) is 16.8. The topological polar surface area (TPSA) is 79.3 Å². The van der Waals surface area contributed by atoms with E-state index < -0.39 is 11.9 Å². The van der Waals surface area contributed by atoms with Crippen LogP contribution in [-0.4, -0.2) is 22.0 Å². The van der Waals surface area contributed by atoms with Gasteiger partial charge in [-0.15, -0.1) is 11.3 Å². The molecule has 6 heteroatoms. The minimum atomic E-state index is -0.903. The molecule has 2 N–H and O–H groups in total. The van der Waals surface area contributed by atoms with Crippen molar-refractivity contribution in [1.29, 1.82) is 0 Å². The van der Waals surface area contributed by atoms with Gasteiger partial charge in [0.25, 0.3) is 5.91 Å². The van der Waals surface area contributed by atoms with Gasteiger partial charge < -0.3 is 10.4 Å². The molecular formula is C25H20N2O3S. The van der Waals surface area contributed by atoms with Gasteiger partial charge in [-0.05, 0) is 70.5 Å². The van der Waals surface area contributed by atoms with E-state index in [9.17, 15) is 14.7 Å². The Balaban J connectivity index is 1.57. The highest BCUT2D eigenvalue weighted by Crippen LogP contribution is 2.34. The highest BCUT2D eigenvalue weighted by molar-refractivity contribution is 7.12. The molecule has 0 bridgehead atoms. The molecule has 31 heavy (non-hydrogen) atoms. The van der Waals surface area contributed by atoms with Crippen molar-refractivity contribution in [3.8, 4) is 22.3 Å². The van der Waals surface area contributed by atoms with Crippen LogP contribution in [0.2, 0.25) is 0 Å². The van der Waals surface area contributed by atoms with Gasteiger partial charge in [0, 0.05) is 18.1 Å². The molecule has 1 atom stereocenters. The number of carboxylic acids is 1. The average molecular weight is 429 g/mol. The molecule has 0 spiro atoms. The number of aliphatic carboxylic acids is 1. The first-order valence-electron chi connectivity index (χ1n) is 9.75. The van der Waals surface area contributed by atoms with Gasteiger partial charge in [0.2, 0.25) is 0 Å². The molecule has 5 nitrogen and oxygen atoms in total. The second-order valence-electron chi connectivity index (χ2n) is 7.12. The van der Waals surface area contributed by atoms with Gasteiger partial charge in [-0.25, -0.2) is 0 Å². The molecule has 0 saturated carbocycles. The van der Waals surface area contributed by atoms with E-state index >= 15 is 0 Å². The van der Waals surface area contributed by atoms with Crippen LogP contribution in [0, 0.1) is 0 Å². The third kappa shape index (κ3) is 4.54. The fourth-order valence-electron chi connectivity index (χ4n) is 3.34. The Morgan fingerprint density at radius 1 is 0.935 bits per heavy atom. The molecule has 4 aromatic rings. The SMILES string of the molecule is C[C@@H](C(=O)O)c1cccc(NC(=O)c2cc(-c3ccccc3-c3ccncc3)cs2)c1. The smallest absolute Gasteiger partial charge is 0.310 e. The Hall–Kier alpha value is -3.77. The van der Waals surface area contributed by atoms with Crippen LogP contribution in [0.4, 0.5) is 5.69 Å². The van der Waals surface area contributed by atoms with Gasteiger partial charge in [0.1, 0.15) is 0 Å². The molecule has 154 valence electrons. The Morgan fingerprint density at radius 2 is 1.65 bits per heavy atom. The molecule has 2 aromatic heterocycles. The molecular weight excluding hydrogens is 408 g/mol. The number of thiophene rings is 1. The van der Waals surface area contributed by atoms with E-state index in [-0.39, 0.29) is 5.91 Å². The van der Waals surface area contributed by atoms with E-state index in [1.165, 1.54) is 11.3 Å². The normalized spacial score (nSPS) is 11.6. The second kappa shape index (κ2) is 8.93. The lowest BCUT2D eigenvalue weighted by Gasteiger charge is -2.10. The lowest BCUT2D eigenvalue weighted by molar-refractivity contribution is -0.138. The van der Waals surface area contributed by atoms with Crippen molar-refractivity contribution in [2.75, 3.05) is 5.32 Å². The predicted molar refractivity (Wildman–Crippen MR) is 123 cm³/mol. The van der Waals surface area contributed by atoms with E-state index in [2.05, 4.69) is 16.4 Å². The summed E-state index contributed by atoms with van der Waals surface area (Å²) in [6, 6.07) is 20.8. The van der Waals surface area contributed by atoms with Crippen LogP contribution in [0.25, 0.3) is 22.3 Å². The minimum Gasteiger partial charge on any atom is -0.481 e. The fraction of sp³-hybridized carbons (Fsp3) is 0.0800. The molecule has 0 radical (unpaired) electrons. The summed E-state index contributed by atoms with van der Waals surface area (Å²) in [4.78, 5) is 28.7. The molecule has 1 amide bonds. The molecule has 0 unspecified atom stereocenters. The highest BCUT2D eigenvalue weighted by Gasteiger charge is 2.16. The van der Waals surface area contributed by atoms with Crippen LogP contribution in [-0.2, 0) is 4.79 Å². The monoisotopic (exact) mass is 428 g/mol. The first kappa shape index (κ1) is 20.5. The maximum atomic E-state index is 12.8. The number of aromatic nitrogens is 1. The number of amides is 1. The molecule has 0 aliphatic heterocycles. The number of pyridine rings is 1. The number of carboxylic acid groups (broad SMARTS) is 1. The van der Waals surface area contributed by atoms with Gasteiger partial charge in [-0.3, -0.25) is 14.6 Å². The summed E-state index contributed by atoms with van der Waals surface area (Å²) in [7, 11) is 0. The zero-order chi connectivity index (χ0) is 21.8. The van der Waals surface area contributed by atoms with E-state index in [1.54, 1.807) is 43.6 Å². The number of benzene rings is 2. The van der Waals surface area contributed by atoms with Crippen molar-refractivity contribution in [3.05, 3.63) is 94.9 Å². The Bertz CT molecular complexity index is 1230. The number of carbonyl (C=O) groups excluding carboxylic acids is 1. The standard InChI is InChI=1S/C25H20N2O3S/c1-16(25(29)30)18-5-4-6-20(13-18)27-24(28)23-14-19(15-31-23)22-8-3-2-7-21(22)17-9-11-26-12-10-17/h2-16H,1H3,(H,27,28)(H,29,30)/t16-/m1/s1. The molecule has 2 heterocycles. The van der Waals surface area contributed by atoms with Crippen LogP contribution in [0.3, 0.4) is 0 Å². The number of rotatable bonds is 6. The zero-order valence-corrected chi connectivity index (χ0v) is 17.6. The van der Waals surface area contributed by atoms with Gasteiger partial charge >= 0.3 is 5.97 Å². The summed E-state index contributed by atoms with van der Waals surface area (Å²) in [5, 5.41) is 14.1. The predicted octanol–water partition coefficient (Wildman–Crippen LogP) is 5.92. The number of hydrogen-bond donors (Lipinski definition) is 2. The number of nitrogens with one attached hydrogen (secondary N) is 1. The third-order valence-electron chi connectivity index (χ3n) is 5.07. The van der Waals surface area contributed by atoms with E-state index in [0.717, 1.165) is 22.3 Å². The maximum Gasteiger partial charge on any atom is 0.310 e. The van der Waals surface area contributed by atoms with Crippen molar-refractivity contribution in [2.24, 2.45) is 0 Å². The highest BCUT2D eigenvalue weighted by atomic mass is 32.1. The summed E-state index contributed by atoms with van der Waals surface area (Å²) in [5.74, 6) is -1.77. The summed E-state index contributed by atoms with van der Waals surface area (Å²) in [5.41, 5.74) is 5.36. The van der Waals surface area contributed by atoms with Crippen LogP contribution in [0.5, 0.6) is 0 Å². The number of carbonyl (C=O) groups is 2. The van der Waals surface area contributed by atoms with Crippen molar-refractivity contribution in [3.63, 3.8) is 0 Å². The number of anilines is 1. The van der Waals surface area contributed by atoms with Crippen LogP contribution in [0.1, 0.15) is 28.1 Å². The molecule has 0 saturated heterocycles. The van der Waals surface area contributed by atoms with Crippen LogP contribution >= 0.6 is 11.3 Å². The lowest BCUT2D eigenvalue weighted by atomic mass is 9.97. The van der Waals surface area contributed by atoms with Crippen LogP contribution in [0.15, 0.2) is 84.5 Å². The van der Waals surface area contributed by atoms with E-state index in [1.807, 2.05) is 41.8 Å². The Kier molecular flexibility index (Phi) is 5.91. The van der Waals surface area contributed by atoms with Crippen molar-refractivity contribution in [2.45, 2.75) is 12.8 Å². The molecule has 0 aliphatic carbocycles. The van der Waals surface area contributed by atoms with Gasteiger partial charge in [0.15, 0.2) is 0 Å². The van der Waals surface area contributed by atoms with E-state index in [0.29, 0.717) is 16.1 Å². The van der Waals surface area contributed by atoms with E-state index in [4.69, 9.17) is 0 Å². The third-order valence-corrected chi connectivity index (χ3v) is 6.00. The quantitative estimate of drug-likeness (QED) is 0.400. The summed E-state index contributed by atoms with van der Waals surface area (Å²) in [6.07, 6.45) is 3.52. The molecule has 0 fully saturated rings. The lowest BCUT2D eigenvalue weighted by Crippen LogP contribution is -2.12. The fourth-order valence-corrected chi connectivity index (χ4v) is 4.14. The first-order chi connectivity index (χ1) is 15.0. The van der Waals surface area contributed by atoms with Crippen LogP contribution < -0.4 is 5.32 Å². The second-order valence-corrected chi connectivity index (χ2v) is 8.03. The minimum absolute atomic E-state index is 0.224. The summed E-state index contributed by atoms with van der Waals surface area (Å²) < 4.78 is 0. The average Bonchev–Trinajstić information content (AvgIpc) is 3.30. The summed E-state index contributed by atoms with van der Waals surface area (Å²) in [6.45, 7) is 1.62.